The number of halogens is 4. The van der Waals surface area contributed by atoms with E-state index in [1.165, 1.54) is 6.07 Å². The Bertz CT molecular complexity index is 367. The van der Waals surface area contributed by atoms with Gasteiger partial charge in [-0.05, 0) is 12.1 Å². The molecule has 0 heterocycles. The maximum atomic E-state index is 11.9. The number of hydrogen-bond donors (Lipinski definition) is 1. The summed E-state index contributed by atoms with van der Waals surface area (Å²) >= 11 is 2.99. The van der Waals surface area contributed by atoms with Crippen molar-refractivity contribution in [3.05, 3.63) is 22.7 Å². The summed E-state index contributed by atoms with van der Waals surface area (Å²) in [6, 6.07) is 3.65. The molecule has 3 nitrogen and oxygen atoms in total. The van der Waals surface area contributed by atoms with Gasteiger partial charge in [-0.3, -0.25) is 4.79 Å². The highest BCUT2D eigenvalue weighted by molar-refractivity contribution is 9.10. The number of benzene rings is 1. The van der Waals surface area contributed by atoms with Gasteiger partial charge in [0.2, 0.25) is 6.41 Å². The van der Waals surface area contributed by atoms with E-state index in [1.807, 2.05) is 0 Å². The average Bonchev–Trinajstić information content (AvgIpc) is 1.99. The van der Waals surface area contributed by atoms with E-state index in [4.69, 9.17) is 0 Å². The van der Waals surface area contributed by atoms with E-state index in [0.29, 0.717) is 10.9 Å². The lowest BCUT2D eigenvalue weighted by Gasteiger charge is -2.10. The number of nitrogens with one attached hydrogen (secondary N) is 1. The molecule has 0 saturated carbocycles. The number of carbonyl (C=O) groups is 1. The molecular formula is C8H5BrF3NO2. The summed E-state index contributed by atoms with van der Waals surface area (Å²) in [6.45, 7) is 0. The van der Waals surface area contributed by atoms with Gasteiger partial charge in [-0.25, -0.2) is 0 Å². The molecule has 1 amide bonds. The molecule has 7 heteroatoms. The lowest BCUT2D eigenvalue weighted by atomic mass is 10.3. The van der Waals surface area contributed by atoms with Crippen LogP contribution in [0.15, 0.2) is 22.7 Å². The summed E-state index contributed by atoms with van der Waals surface area (Å²) in [5, 5.41) is 2.22. The minimum Gasteiger partial charge on any atom is -0.406 e. The first-order valence-electron chi connectivity index (χ1n) is 3.67. The summed E-state index contributed by atoms with van der Waals surface area (Å²) in [7, 11) is 0. The van der Waals surface area contributed by atoms with Gasteiger partial charge in [-0.2, -0.15) is 0 Å². The first-order chi connectivity index (χ1) is 6.90. The minimum atomic E-state index is -4.75. The molecule has 0 atom stereocenters. The van der Waals surface area contributed by atoms with Crippen molar-refractivity contribution in [2.24, 2.45) is 0 Å². The van der Waals surface area contributed by atoms with Gasteiger partial charge >= 0.3 is 6.36 Å². The first kappa shape index (κ1) is 11.8. The number of ether oxygens (including phenoxy) is 1. The van der Waals surface area contributed by atoms with Gasteiger partial charge in [0.05, 0.1) is 0 Å². The van der Waals surface area contributed by atoms with Gasteiger partial charge in [-0.15, -0.1) is 13.2 Å². The van der Waals surface area contributed by atoms with Crippen LogP contribution in [0.25, 0.3) is 0 Å². The van der Waals surface area contributed by atoms with Crippen LogP contribution in [0.3, 0.4) is 0 Å². The zero-order valence-electron chi connectivity index (χ0n) is 7.14. The molecule has 0 saturated heterocycles. The second-order valence-electron chi connectivity index (χ2n) is 2.49. The molecule has 0 unspecified atom stereocenters. The van der Waals surface area contributed by atoms with Gasteiger partial charge in [-0.1, -0.05) is 15.9 Å². The number of rotatable bonds is 3. The minimum absolute atomic E-state index is 0.207. The van der Waals surface area contributed by atoms with E-state index in [9.17, 15) is 18.0 Å². The van der Waals surface area contributed by atoms with Crippen molar-refractivity contribution in [2.75, 3.05) is 5.32 Å². The van der Waals surface area contributed by atoms with Crippen LogP contribution in [-0.4, -0.2) is 12.8 Å². The molecule has 0 radical (unpaired) electrons. The molecule has 1 N–H and O–H groups in total. The highest BCUT2D eigenvalue weighted by Crippen LogP contribution is 2.28. The van der Waals surface area contributed by atoms with Crippen LogP contribution in [0, 0.1) is 0 Å². The molecular weight excluding hydrogens is 279 g/mol. The topological polar surface area (TPSA) is 38.3 Å². The van der Waals surface area contributed by atoms with Crippen LogP contribution in [-0.2, 0) is 4.79 Å². The summed E-state index contributed by atoms with van der Waals surface area (Å²) in [5.41, 5.74) is 0.207. The molecule has 1 aromatic carbocycles. The van der Waals surface area contributed by atoms with Crippen molar-refractivity contribution in [2.45, 2.75) is 6.36 Å². The third kappa shape index (κ3) is 4.20. The summed E-state index contributed by atoms with van der Waals surface area (Å²) < 4.78 is 39.6. The Kier molecular flexibility index (Phi) is 3.57. The summed E-state index contributed by atoms with van der Waals surface area (Å²) in [5.74, 6) is -0.402. The standard InChI is InChI=1S/C8H5BrF3NO2/c9-5-1-6(13-4-14)3-7(2-5)15-8(10,11)12/h1-4H,(H,13,14). The number of hydrogen-bond acceptors (Lipinski definition) is 2. The van der Waals surface area contributed by atoms with Crippen LogP contribution in [0.4, 0.5) is 18.9 Å². The maximum Gasteiger partial charge on any atom is 0.573 e. The molecule has 1 aromatic rings. The SMILES string of the molecule is O=CNc1cc(Br)cc(OC(F)(F)F)c1. The van der Waals surface area contributed by atoms with Crippen LogP contribution in [0.5, 0.6) is 5.75 Å². The normalized spacial score (nSPS) is 10.9. The number of carbonyl (C=O) groups excluding carboxylic acids is 1. The Hall–Kier alpha value is -1.24. The number of alkyl halides is 3. The van der Waals surface area contributed by atoms with Crippen LogP contribution < -0.4 is 10.1 Å². The Morgan fingerprint density at radius 3 is 2.53 bits per heavy atom. The Balaban J connectivity index is 2.93. The fraction of sp³-hybridized carbons (Fsp3) is 0.125. The third-order valence-corrected chi connectivity index (χ3v) is 1.79. The second-order valence-corrected chi connectivity index (χ2v) is 3.40. The van der Waals surface area contributed by atoms with Crippen LogP contribution >= 0.6 is 15.9 Å². The van der Waals surface area contributed by atoms with Crippen molar-refractivity contribution in [1.82, 2.24) is 0 Å². The van der Waals surface area contributed by atoms with E-state index in [2.05, 4.69) is 26.0 Å². The average molecular weight is 284 g/mol. The van der Waals surface area contributed by atoms with Gasteiger partial charge in [0.1, 0.15) is 5.75 Å². The molecule has 0 aliphatic carbocycles. The van der Waals surface area contributed by atoms with E-state index in [0.717, 1.165) is 12.1 Å². The van der Waals surface area contributed by atoms with Gasteiger partial charge in [0, 0.05) is 16.2 Å². The molecule has 1 rings (SSSR count). The van der Waals surface area contributed by atoms with Crippen LogP contribution in [0.1, 0.15) is 0 Å². The van der Waals surface area contributed by atoms with Crippen molar-refractivity contribution < 1.29 is 22.7 Å². The van der Waals surface area contributed by atoms with Crippen LogP contribution in [0.2, 0.25) is 0 Å². The number of anilines is 1. The molecule has 82 valence electrons. The molecule has 0 fully saturated rings. The fourth-order valence-electron chi connectivity index (χ4n) is 0.907. The van der Waals surface area contributed by atoms with E-state index in [1.54, 1.807) is 0 Å². The molecule has 0 aliphatic heterocycles. The molecule has 15 heavy (non-hydrogen) atoms. The first-order valence-corrected chi connectivity index (χ1v) is 4.46. The van der Waals surface area contributed by atoms with Crippen molar-refractivity contribution in [3.8, 4) is 5.75 Å². The third-order valence-electron chi connectivity index (χ3n) is 1.33. The quantitative estimate of drug-likeness (QED) is 0.867. The largest absolute Gasteiger partial charge is 0.573 e. The van der Waals surface area contributed by atoms with Gasteiger partial charge in [0.25, 0.3) is 0 Å². The molecule has 0 spiro atoms. The van der Waals surface area contributed by atoms with E-state index < -0.39 is 12.1 Å². The zero-order valence-corrected chi connectivity index (χ0v) is 8.72. The fourth-order valence-corrected chi connectivity index (χ4v) is 1.38. The van der Waals surface area contributed by atoms with Gasteiger partial charge < -0.3 is 10.1 Å². The van der Waals surface area contributed by atoms with Crippen molar-refractivity contribution in [3.63, 3.8) is 0 Å². The van der Waals surface area contributed by atoms with E-state index in [-0.39, 0.29) is 5.69 Å². The Morgan fingerprint density at radius 1 is 1.33 bits per heavy atom. The number of amides is 1. The summed E-state index contributed by atoms with van der Waals surface area (Å²) in [4.78, 5) is 10.1. The van der Waals surface area contributed by atoms with Crippen molar-refractivity contribution >= 4 is 28.0 Å². The molecule has 0 bridgehead atoms. The predicted octanol–water partition coefficient (Wildman–Crippen LogP) is 2.92. The Morgan fingerprint density at radius 2 is 2.00 bits per heavy atom. The predicted molar refractivity (Wildman–Crippen MR) is 50.5 cm³/mol. The van der Waals surface area contributed by atoms with E-state index >= 15 is 0 Å². The highest BCUT2D eigenvalue weighted by Gasteiger charge is 2.31. The highest BCUT2D eigenvalue weighted by atomic mass is 79.9. The maximum absolute atomic E-state index is 11.9. The van der Waals surface area contributed by atoms with Crippen molar-refractivity contribution in [1.29, 1.82) is 0 Å². The van der Waals surface area contributed by atoms with Gasteiger partial charge in [0.15, 0.2) is 0 Å². The Labute approximate surface area is 91.4 Å². The lowest BCUT2D eigenvalue weighted by molar-refractivity contribution is -0.274. The monoisotopic (exact) mass is 283 g/mol. The smallest absolute Gasteiger partial charge is 0.406 e. The zero-order chi connectivity index (χ0) is 11.5. The second kappa shape index (κ2) is 4.52. The molecule has 0 aliphatic rings. The lowest BCUT2D eigenvalue weighted by Crippen LogP contribution is -2.17. The molecule has 0 aromatic heterocycles. The summed E-state index contributed by atoms with van der Waals surface area (Å²) in [6.07, 6.45) is -4.39.